The molecule has 1 saturated heterocycles. The van der Waals surface area contributed by atoms with Gasteiger partial charge in [-0.25, -0.2) is 0 Å². The van der Waals surface area contributed by atoms with Gasteiger partial charge in [0.05, 0.1) is 5.25 Å². The summed E-state index contributed by atoms with van der Waals surface area (Å²) in [6.07, 6.45) is 2.03. The molecule has 1 fully saturated rings. The van der Waals surface area contributed by atoms with E-state index >= 15 is 0 Å². The molecule has 2 nitrogen and oxygen atoms in total. The van der Waals surface area contributed by atoms with Crippen LogP contribution in [0.2, 0.25) is 0 Å². The first-order chi connectivity index (χ1) is 8.17. The second-order valence-electron chi connectivity index (χ2n) is 4.54. The summed E-state index contributed by atoms with van der Waals surface area (Å²) in [5, 5.41) is 11.3. The molecule has 17 heavy (non-hydrogen) atoms. The van der Waals surface area contributed by atoms with Gasteiger partial charge in [0.2, 0.25) is 0 Å². The van der Waals surface area contributed by atoms with Gasteiger partial charge < -0.3 is 10.0 Å². The van der Waals surface area contributed by atoms with Crippen LogP contribution in [0, 0.1) is 0 Å². The number of hydrogen-bond donors (Lipinski definition) is 1. The van der Waals surface area contributed by atoms with Gasteiger partial charge in [0.1, 0.15) is 4.32 Å². The summed E-state index contributed by atoms with van der Waals surface area (Å²) < 4.78 is 0.830. The lowest BCUT2D eigenvalue weighted by molar-refractivity contribution is -0.0733. The van der Waals surface area contributed by atoms with Crippen LogP contribution in [-0.4, -0.2) is 26.1 Å². The maximum atomic E-state index is 11.1. The second kappa shape index (κ2) is 3.97. The molecule has 0 bridgehead atoms. The predicted molar refractivity (Wildman–Crippen MR) is 75.0 cm³/mol. The lowest BCUT2D eigenvalue weighted by atomic mass is 9.83. The van der Waals surface area contributed by atoms with Crippen LogP contribution in [0.4, 0.5) is 0 Å². The molecule has 0 radical (unpaired) electrons. The number of aryl methyl sites for hydroxylation is 1. The maximum absolute atomic E-state index is 11.1. The Morgan fingerprint density at radius 1 is 1.53 bits per heavy atom. The normalized spacial score (nSPS) is 31.3. The van der Waals surface area contributed by atoms with Crippen molar-refractivity contribution in [1.82, 2.24) is 4.90 Å². The van der Waals surface area contributed by atoms with Gasteiger partial charge in [0, 0.05) is 12.1 Å². The fourth-order valence-electron chi connectivity index (χ4n) is 2.91. The van der Waals surface area contributed by atoms with E-state index in [-0.39, 0.29) is 5.25 Å². The molecule has 1 aliphatic heterocycles. The van der Waals surface area contributed by atoms with Crippen LogP contribution in [-0.2, 0) is 12.1 Å². The molecule has 0 aromatic heterocycles. The van der Waals surface area contributed by atoms with Crippen LogP contribution >= 0.6 is 24.0 Å². The summed E-state index contributed by atoms with van der Waals surface area (Å²) in [4.78, 5) is 1.97. The van der Waals surface area contributed by atoms with Crippen molar-refractivity contribution in [2.24, 2.45) is 0 Å². The lowest BCUT2D eigenvalue weighted by Crippen LogP contribution is -2.50. The highest BCUT2D eigenvalue weighted by Crippen LogP contribution is 2.50. The van der Waals surface area contributed by atoms with E-state index in [0.717, 1.165) is 29.3 Å². The third-order valence-electron chi connectivity index (χ3n) is 3.73. The number of nitrogens with zero attached hydrogens (tertiary/aromatic N) is 1. The minimum Gasteiger partial charge on any atom is -0.366 e. The topological polar surface area (TPSA) is 23.5 Å². The number of aliphatic hydroxyl groups is 1. The number of thioether (sulfide) groups is 1. The summed E-state index contributed by atoms with van der Waals surface area (Å²) in [5.41, 5.74) is 1.42. The number of rotatable bonds is 1. The second-order valence-corrected chi connectivity index (χ2v) is 6.38. The summed E-state index contributed by atoms with van der Waals surface area (Å²) in [5.74, 6) is 0. The maximum Gasteiger partial charge on any atom is 0.178 e. The minimum atomic E-state index is -0.884. The van der Waals surface area contributed by atoms with E-state index in [9.17, 15) is 5.11 Å². The third-order valence-corrected chi connectivity index (χ3v) is 5.51. The van der Waals surface area contributed by atoms with E-state index in [4.69, 9.17) is 12.2 Å². The summed E-state index contributed by atoms with van der Waals surface area (Å²) >= 11 is 7.04. The molecule has 1 N–H and O–H groups in total. The van der Waals surface area contributed by atoms with Gasteiger partial charge in [-0.15, -0.1) is 0 Å². The average Bonchev–Trinajstić information content (AvgIpc) is 2.60. The molecule has 1 heterocycles. The summed E-state index contributed by atoms with van der Waals surface area (Å²) in [6, 6.07) is 8.19. The van der Waals surface area contributed by atoms with Crippen LogP contribution < -0.4 is 0 Å². The first-order valence-corrected chi connectivity index (χ1v) is 7.25. The Bertz CT molecular complexity index is 476. The van der Waals surface area contributed by atoms with Crippen LogP contribution in [0.3, 0.4) is 0 Å². The molecule has 2 atom stereocenters. The Balaban J connectivity index is 2.17. The highest BCUT2D eigenvalue weighted by atomic mass is 32.2. The zero-order valence-corrected chi connectivity index (χ0v) is 11.4. The van der Waals surface area contributed by atoms with Gasteiger partial charge in [-0.1, -0.05) is 48.2 Å². The molecule has 2 unspecified atom stereocenters. The summed E-state index contributed by atoms with van der Waals surface area (Å²) in [6.45, 7) is 2.80. The van der Waals surface area contributed by atoms with Crippen molar-refractivity contribution < 1.29 is 5.11 Å². The van der Waals surface area contributed by atoms with Gasteiger partial charge >= 0.3 is 0 Å². The van der Waals surface area contributed by atoms with E-state index < -0.39 is 5.72 Å². The Labute approximate surface area is 111 Å². The van der Waals surface area contributed by atoms with E-state index in [1.54, 1.807) is 11.8 Å². The molecule has 1 aromatic carbocycles. The molecule has 1 aromatic rings. The Morgan fingerprint density at radius 2 is 2.29 bits per heavy atom. The largest absolute Gasteiger partial charge is 0.366 e. The van der Waals surface area contributed by atoms with Crippen molar-refractivity contribution in [3.63, 3.8) is 0 Å². The zero-order valence-electron chi connectivity index (χ0n) is 9.72. The van der Waals surface area contributed by atoms with E-state index in [0.29, 0.717) is 0 Å². The average molecular weight is 265 g/mol. The standard InChI is InChI=1S/C13H15NOS2/c1-2-14-12(16)17-11-8-7-9-5-3-4-6-10(9)13(11,14)15/h3-6,11,15H,2,7-8H2,1H3. The molecule has 2 aliphatic rings. The summed E-state index contributed by atoms with van der Waals surface area (Å²) in [7, 11) is 0. The highest BCUT2D eigenvalue weighted by Gasteiger charge is 2.53. The Kier molecular flexibility index (Phi) is 2.69. The number of benzene rings is 1. The van der Waals surface area contributed by atoms with Crippen LogP contribution in [0.25, 0.3) is 0 Å². The van der Waals surface area contributed by atoms with Crippen molar-refractivity contribution >= 4 is 28.3 Å². The van der Waals surface area contributed by atoms with Crippen molar-refractivity contribution in [3.05, 3.63) is 35.4 Å². The molecular formula is C13H15NOS2. The fraction of sp³-hybridized carbons (Fsp3) is 0.462. The van der Waals surface area contributed by atoms with Gasteiger partial charge in [-0.05, 0) is 25.3 Å². The van der Waals surface area contributed by atoms with E-state index in [1.807, 2.05) is 30.0 Å². The Hall–Kier alpha value is -0.580. The molecular weight excluding hydrogens is 250 g/mol. The van der Waals surface area contributed by atoms with Gasteiger partial charge in [0.15, 0.2) is 5.72 Å². The van der Waals surface area contributed by atoms with Crippen LogP contribution in [0.15, 0.2) is 24.3 Å². The Morgan fingerprint density at radius 3 is 3.06 bits per heavy atom. The quantitative estimate of drug-likeness (QED) is 0.788. The number of thiocarbonyl (C=S) groups is 1. The first-order valence-electron chi connectivity index (χ1n) is 5.97. The van der Waals surface area contributed by atoms with Crippen molar-refractivity contribution in [3.8, 4) is 0 Å². The van der Waals surface area contributed by atoms with Crippen molar-refractivity contribution in [2.45, 2.75) is 30.7 Å². The molecule has 3 rings (SSSR count). The SMILES string of the molecule is CCN1C(=S)SC2CCc3ccccc3C21O. The monoisotopic (exact) mass is 265 g/mol. The smallest absolute Gasteiger partial charge is 0.178 e. The fourth-order valence-corrected chi connectivity index (χ4v) is 4.82. The third kappa shape index (κ3) is 1.47. The van der Waals surface area contributed by atoms with Crippen molar-refractivity contribution in [2.75, 3.05) is 6.54 Å². The molecule has 4 heteroatoms. The van der Waals surface area contributed by atoms with Crippen LogP contribution in [0.1, 0.15) is 24.5 Å². The van der Waals surface area contributed by atoms with Gasteiger partial charge in [-0.3, -0.25) is 0 Å². The molecule has 0 spiro atoms. The molecule has 90 valence electrons. The molecule has 0 saturated carbocycles. The number of hydrogen-bond acceptors (Lipinski definition) is 3. The zero-order chi connectivity index (χ0) is 12.0. The van der Waals surface area contributed by atoms with Crippen LogP contribution in [0.5, 0.6) is 0 Å². The van der Waals surface area contributed by atoms with Gasteiger partial charge in [0.25, 0.3) is 0 Å². The molecule has 1 aliphatic carbocycles. The lowest BCUT2D eigenvalue weighted by Gasteiger charge is -2.41. The van der Waals surface area contributed by atoms with E-state index in [2.05, 4.69) is 6.07 Å². The highest BCUT2D eigenvalue weighted by molar-refractivity contribution is 8.23. The van der Waals surface area contributed by atoms with Crippen molar-refractivity contribution in [1.29, 1.82) is 0 Å². The number of fused-ring (bicyclic) bond motifs is 3. The first kappa shape index (κ1) is 11.5. The molecule has 0 amide bonds. The van der Waals surface area contributed by atoms with Gasteiger partial charge in [-0.2, -0.15) is 0 Å². The van der Waals surface area contributed by atoms with E-state index in [1.165, 1.54) is 5.56 Å². The minimum absolute atomic E-state index is 0.185. The predicted octanol–water partition coefficient (Wildman–Crippen LogP) is 2.50.